The molecular formula is C17H26N4. The highest BCUT2D eigenvalue weighted by molar-refractivity contribution is 5.68. The van der Waals surface area contributed by atoms with E-state index in [1.807, 2.05) is 16.9 Å². The summed E-state index contributed by atoms with van der Waals surface area (Å²) >= 11 is 0. The SMILES string of the molecule is CCC(CC1CC1)Nc1nccn2nc(C(C)(C)C)cc12. The maximum atomic E-state index is 4.69. The molecule has 0 aromatic carbocycles. The van der Waals surface area contributed by atoms with Crippen LogP contribution in [-0.2, 0) is 5.41 Å². The molecule has 114 valence electrons. The molecule has 1 aliphatic rings. The van der Waals surface area contributed by atoms with Crippen molar-refractivity contribution in [3.05, 3.63) is 24.2 Å². The van der Waals surface area contributed by atoms with Gasteiger partial charge in [-0.2, -0.15) is 5.10 Å². The lowest BCUT2D eigenvalue weighted by Crippen LogP contribution is -2.20. The average molecular weight is 286 g/mol. The highest BCUT2D eigenvalue weighted by atomic mass is 15.2. The van der Waals surface area contributed by atoms with Gasteiger partial charge in [-0.3, -0.25) is 0 Å². The van der Waals surface area contributed by atoms with Gasteiger partial charge in [-0.25, -0.2) is 9.50 Å². The molecule has 21 heavy (non-hydrogen) atoms. The van der Waals surface area contributed by atoms with E-state index in [-0.39, 0.29) is 5.41 Å². The fourth-order valence-electron chi connectivity index (χ4n) is 2.68. The van der Waals surface area contributed by atoms with E-state index in [0.29, 0.717) is 6.04 Å². The van der Waals surface area contributed by atoms with Crippen molar-refractivity contribution in [3.8, 4) is 0 Å². The predicted molar refractivity (Wildman–Crippen MR) is 86.7 cm³/mol. The summed E-state index contributed by atoms with van der Waals surface area (Å²) in [5, 5.41) is 8.32. The van der Waals surface area contributed by atoms with Crippen molar-refractivity contribution in [1.82, 2.24) is 14.6 Å². The van der Waals surface area contributed by atoms with E-state index in [1.165, 1.54) is 19.3 Å². The first-order valence-corrected chi connectivity index (χ1v) is 8.08. The molecule has 1 saturated carbocycles. The monoisotopic (exact) mass is 286 g/mol. The first-order chi connectivity index (χ1) is 9.97. The van der Waals surface area contributed by atoms with Crippen LogP contribution in [0.4, 0.5) is 5.82 Å². The normalized spacial score (nSPS) is 17.1. The quantitative estimate of drug-likeness (QED) is 0.902. The average Bonchev–Trinajstić information content (AvgIpc) is 3.11. The molecule has 0 aliphatic heterocycles. The van der Waals surface area contributed by atoms with Crippen LogP contribution in [0.1, 0.15) is 59.1 Å². The smallest absolute Gasteiger partial charge is 0.152 e. The number of nitrogens with zero attached hydrogens (tertiary/aromatic N) is 3. The van der Waals surface area contributed by atoms with Crippen LogP contribution >= 0.6 is 0 Å². The number of aromatic nitrogens is 3. The molecule has 0 amide bonds. The van der Waals surface area contributed by atoms with Gasteiger partial charge in [0.2, 0.25) is 0 Å². The molecule has 2 aromatic rings. The summed E-state index contributed by atoms with van der Waals surface area (Å²) in [5.74, 6) is 1.89. The zero-order chi connectivity index (χ0) is 15.0. The Morgan fingerprint density at radius 2 is 2.14 bits per heavy atom. The predicted octanol–water partition coefficient (Wildman–Crippen LogP) is 4.02. The molecule has 0 saturated heterocycles. The van der Waals surface area contributed by atoms with Gasteiger partial charge >= 0.3 is 0 Å². The van der Waals surface area contributed by atoms with Crippen molar-refractivity contribution in [2.45, 2.75) is 64.8 Å². The molecule has 1 aliphatic carbocycles. The van der Waals surface area contributed by atoms with Crippen LogP contribution in [0, 0.1) is 5.92 Å². The van der Waals surface area contributed by atoms with E-state index in [0.717, 1.165) is 29.4 Å². The van der Waals surface area contributed by atoms with Crippen LogP contribution in [0.5, 0.6) is 0 Å². The largest absolute Gasteiger partial charge is 0.366 e. The van der Waals surface area contributed by atoms with Gasteiger partial charge in [0, 0.05) is 23.9 Å². The standard InChI is InChI=1S/C17H26N4/c1-5-13(10-12-6-7-12)19-16-14-11-15(17(2,3)4)20-21(14)9-8-18-16/h8-9,11-13H,5-7,10H2,1-4H3,(H,18,19). The Balaban J connectivity index is 1.88. The number of anilines is 1. The number of hydrogen-bond donors (Lipinski definition) is 1. The molecule has 2 heterocycles. The van der Waals surface area contributed by atoms with Crippen LogP contribution in [0.2, 0.25) is 0 Å². The molecule has 0 spiro atoms. The van der Waals surface area contributed by atoms with Crippen LogP contribution in [0.3, 0.4) is 0 Å². The highest BCUT2D eigenvalue weighted by Crippen LogP contribution is 2.35. The maximum absolute atomic E-state index is 4.69. The van der Waals surface area contributed by atoms with Crippen molar-refractivity contribution in [2.75, 3.05) is 5.32 Å². The third kappa shape index (κ3) is 3.20. The minimum atomic E-state index is 0.0570. The third-order valence-corrected chi connectivity index (χ3v) is 4.31. The Kier molecular flexibility index (Phi) is 3.64. The summed E-state index contributed by atoms with van der Waals surface area (Å²) in [6.07, 6.45) is 8.96. The van der Waals surface area contributed by atoms with Crippen LogP contribution in [0.25, 0.3) is 5.52 Å². The second-order valence-corrected chi connectivity index (χ2v) is 7.31. The van der Waals surface area contributed by atoms with Crippen LogP contribution in [-0.4, -0.2) is 20.6 Å². The van der Waals surface area contributed by atoms with Crippen molar-refractivity contribution < 1.29 is 0 Å². The first-order valence-electron chi connectivity index (χ1n) is 8.08. The molecule has 4 nitrogen and oxygen atoms in total. The number of hydrogen-bond acceptors (Lipinski definition) is 3. The fourth-order valence-corrected chi connectivity index (χ4v) is 2.68. The van der Waals surface area contributed by atoms with Gasteiger partial charge in [-0.15, -0.1) is 0 Å². The summed E-state index contributed by atoms with van der Waals surface area (Å²) in [4.78, 5) is 4.55. The molecule has 0 bridgehead atoms. The third-order valence-electron chi connectivity index (χ3n) is 4.31. The van der Waals surface area contributed by atoms with E-state index in [1.54, 1.807) is 0 Å². The molecular weight excluding hydrogens is 260 g/mol. The molecule has 0 radical (unpaired) electrons. The lowest BCUT2D eigenvalue weighted by atomic mass is 9.92. The summed E-state index contributed by atoms with van der Waals surface area (Å²) in [6.45, 7) is 8.82. The zero-order valence-corrected chi connectivity index (χ0v) is 13.6. The second-order valence-electron chi connectivity index (χ2n) is 7.31. The van der Waals surface area contributed by atoms with Gasteiger partial charge in [0.1, 0.15) is 5.52 Å². The molecule has 1 unspecified atom stereocenters. The van der Waals surface area contributed by atoms with Gasteiger partial charge in [-0.1, -0.05) is 40.5 Å². The Morgan fingerprint density at radius 3 is 2.76 bits per heavy atom. The van der Waals surface area contributed by atoms with Gasteiger partial charge in [0.15, 0.2) is 5.82 Å². The van der Waals surface area contributed by atoms with Crippen LogP contribution in [0.15, 0.2) is 18.5 Å². The summed E-state index contributed by atoms with van der Waals surface area (Å²) < 4.78 is 1.94. The lowest BCUT2D eigenvalue weighted by Gasteiger charge is -2.17. The van der Waals surface area contributed by atoms with Gasteiger partial charge in [-0.05, 0) is 24.8 Å². The molecule has 4 heteroatoms. The molecule has 2 aromatic heterocycles. The first kappa shape index (κ1) is 14.4. The van der Waals surface area contributed by atoms with E-state index in [9.17, 15) is 0 Å². The summed E-state index contributed by atoms with van der Waals surface area (Å²) in [5.41, 5.74) is 2.24. The van der Waals surface area contributed by atoms with E-state index in [2.05, 4.69) is 49.2 Å². The lowest BCUT2D eigenvalue weighted by molar-refractivity contribution is 0.562. The molecule has 3 rings (SSSR count). The van der Waals surface area contributed by atoms with Gasteiger partial charge in [0.25, 0.3) is 0 Å². The number of rotatable bonds is 5. The molecule has 1 fully saturated rings. The minimum absolute atomic E-state index is 0.0570. The van der Waals surface area contributed by atoms with Crippen molar-refractivity contribution >= 4 is 11.3 Å². The molecule has 1 N–H and O–H groups in total. The second kappa shape index (κ2) is 5.32. The Labute approximate surface area is 127 Å². The Hall–Kier alpha value is -1.58. The van der Waals surface area contributed by atoms with E-state index < -0.39 is 0 Å². The van der Waals surface area contributed by atoms with Gasteiger partial charge in [0.05, 0.1) is 5.69 Å². The Morgan fingerprint density at radius 1 is 1.38 bits per heavy atom. The number of nitrogens with one attached hydrogen (secondary N) is 1. The van der Waals surface area contributed by atoms with E-state index in [4.69, 9.17) is 0 Å². The van der Waals surface area contributed by atoms with Crippen molar-refractivity contribution in [3.63, 3.8) is 0 Å². The summed E-state index contributed by atoms with van der Waals surface area (Å²) in [6, 6.07) is 2.68. The van der Waals surface area contributed by atoms with E-state index >= 15 is 0 Å². The minimum Gasteiger partial charge on any atom is -0.366 e. The maximum Gasteiger partial charge on any atom is 0.152 e. The van der Waals surface area contributed by atoms with Crippen LogP contribution < -0.4 is 5.32 Å². The van der Waals surface area contributed by atoms with Crippen molar-refractivity contribution in [1.29, 1.82) is 0 Å². The molecule has 1 atom stereocenters. The number of fused-ring (bicyclic) bond motifs is 1. The van der Waals surface area contributed by atoms with Gasteiger partial charge < -0.3 is 5.32 Å². The summed E-state index contributed by atoms with van der Waals surface area (Å²) in [7, 11) is 0. The highest BCUT2D eigenvalue weighted by Gasteiger charge is 2.25. The Bertz CT molecular complexity index is 619. The fraction of sp³-hybridized carbons (Fsp3) is 0.647. The van der Waals surface area contributed by atoms with Crippen molar-refractivity contribution in [2.24, 2.45) is 5.92 Å². The topological polar surface area (TPSA) is 42.2 Å². The zero-order valence-electron chi connectivity index (χ0n) is 13.6.